The third kappa shape index (κ3) is 2.18. The Kier molecular flexibility index (Phi) is 2.52. The van der Waals surface area contributed by atoms with Crippen LogP contribution in [0.5, 0.6) is 0 Å². The zero-order chi connectivity index (χ0) is 13.1. The lowest BCUT2D eigenvalue weighted by molar-refractivity contribution is 0.436. The minimum atomic E-state index is 0.0632. The average molecular weight is 294 g/mol. The zero-order valence-corrected chi connectivity index (χ0v) is 12.9. The molecule has 0 radical (unpaired) electrons. The molecule has 1 aliphatic carbocycles. The van der Waals surface area contributed by atoms with Crippen molar-refractivity contribution in [3.63, 3.8) is 0 Å². The maximum absolute atomic E-state index is 4.74. The predicted molar refractivity (Wildman–Crippen MR) is 83.8 cm³/mol. The van der Waals surface area contributed by atoms with Gasteiger partial charge in [0.15, 0.2) is 10.3 Å². The van der Waals surface area contributed by atoms with E-state index in [9.17, 15) is 0 Å². The van der Waals surface area contributed by atoms with Crippen molar-refractivity contribution < 1.29 is 0 Å². The number of thioether (sulfide) groups is 2. The van der Waals surface area contributed by atoms with Gasteiger partial charge >= 0.3 is 0 Å². The van der Waals surface area contributed by atoms with Gasteiger partial charge in [0.2, 0.25) is 0 Å². The fourth-order valence-electron chi connectivity index (χ4n) is 2.61. The highest BCUT2D eigenvalue weighted by molar-refractivity contribution is 8.17. The van der Waals surface area contributed by atoms with E-state index >= 15 is 0 Å². The molecule has 6 heteroatoms. The third-order valence-electron chi connectivity index (χ3n) is 3.93. The Labute approximate surface area is 122 Å². The minimum absolute atomic E-state index is 0.0632. The standard InChI is InChI=1S/C13H18N4S2/c1-12(2)8-17-9(6-19-11(17)16-12)5-18-10-14-7-13(15-10)3-4-13/h6H,3-5,7-8H2,1-2H3,(H,14,15). The van der Waals surface area contributed by atoms with Crippen LogP contribution in [0.25, 0.3) is 0 Å². The molecule has 0 bridgehead atoms. The molecule has 4 nitrogen and oxygen atoms in total. The van der Waals surface area contributed by atoms with Gasteiger partial charge in [-0.25, -0.2) is 0 Å². The number of rotatable bonds is 2. The van der Waals surface area contributed by atoms with Crippen LogP contribution in [-0.2, 0) is 0 Å². The Morgan fingerprint density at radius 2 is 2.32 bits per heavy atom. The van der Waals surface area contributed by atoms with Crippen LogP contribution in [0.1, 0.15) is 26.7 Å². The molecule has 1 fully saturated rings. The van der Waals surface area contributed by atoms with Crippen molar-refractivity contribution in [2.24, 2.45) is 9.98 Å². The Hall–Kier alpha value is -0.620. The molecule has 1 spiro atoms. The molecule has 4 aliphatic rings. The van der Waals surface area contributed by atoms with E-state index in [1.54, 1.807) is 11.8 Å². The summed E-state index contributed by atoms with van der Waals surface area (Å²) in [5.74, 6) is 0.990. The van der Waals surface area contributed by atoms with Crippen LogP contribution in [0.2, 0.25) is 0 Å². The first kappa shape index (κ1) is 12.1. The molecule has 0 saturated heterocycles. The summed E-state index contributed by atoms with van der Waals surface area (Å²) in [6, 6.07) is 0. The molecular formula is C13H18N4S2. The summed E-state index contributed by atoms with van der Waals surface area (Å²) in [5, 5.41) is 8.11. The smallest absolute Gasteiger partial charge is 0.168 e. The number of aliphatic imine (C=N–C) groups is 2. The lowest BCUT2D eigenvalue weighted by Crippen LogP contribution is -2.32. The summed E-state index contributed by atoms with van der Waals surface area (Å²) >= 11 is 3.59. The molecule has 19 heavy (non-hydrogen) atoms. The summed E-state index contributed by atoms with van der Waals surface area (Å²) in [6.45, 7) is 6.38. The second-order valence-electron chi connectivity index (χ2n) is 6.34. The summed E-state index contributed by atoms with van der Waals surface area (Å²) in [7, 11) is 0. The van der Waals surface area contributed by atoms with Gasteiger partial charge in [-0.05, 0) is 32.1 Å². The Balaban J connectivity index is 1.36. The first-order valence-electron chi connectivity index (χ1n) is 6.74. The van der Waals surface area contributed by atoms with Crippen molar-refractivity contribution in [3.05, 3.63) is 11.1 Å². The van der Waals surface area contributed by atoms with Crippen LogP contribution < -0.4 is 5.32 Å². The van der Waals surface area contributed by atoms with Crippen molar-refractivity contribution in [2.75, 3.05) is 18.8 Å². The van der Waals surface area contributed by atoms with Gasteiger partial charge in [0, 0.05) is 18.0 Å². The summed E-state index contributed by atoms with van der Waals surface area (Å²) in [6.07, 6.45) is 2.58. The van der Waals surface area contributed by atoms with Gasteiger partial charge in [0.1, 0.15) is 0 Å². The largest absolute Gasteiger partial charge is 0.358 e. The molecular weight excluding hydrogens is 276 g/mol. The number of fused-ring (bicyclic) bond motifs is 1. The van der Waals surface area contributed by atoms with Crippen molar-refractivity contribution in [3.8, 4) is 0 Å². The number of nitrogens with zero attached hydrogens (tertiary/aromatic N) is 3. The molecule has 0 unspecified atom stereocenters. The van der Waals surface area contributed by atoms with Gasteiger partial charge in [0.05, 0.1) is 17.6 Å². The first-order valence-corrected chi connectivity index (χ1v) is 8.60. The van der Waals surface area contributed by atoms with E-state index in [-0.39, 0.29) is 5.54 Å². The molecule has 1 N–H and O–H groups in total. The highest BCUT2D eigenvalue weighted by Crippen LogP contribution is 2.40. The van der Waals surface area contributed by atoms with Gasteiger partial charge in [-0.2, -0.15) is 0 Å². The van der Waals surface area contributed by atoms with Gasteiger partial charge in [-0.1, -0.05) is 23.5 Å². The first-order chi connectivity index (χ1) is 9.05. The molecule has 0 aromatic rings. The molecule has 1 saturated carbocycles. The highest BCUT2D eigenvalue weighted by atomic mass is 32.2. The molecule has 0 aromatic heterocycles. The third-order valence-corrected chi connectivity index (χ3v) is 5.79. The monoisotopic (exact) mass is 294 g/mol. The average Bonchev–Trinajstić information content (AvgIpc) is 2.66. The number of hydrogen-bond acceptors (Lipinski definition) is 6. The lowest BCUT2D eigenvalue weighted by Gasteiger charge is -2.20. The van der Waals surface area contributed by atoms with Crippen LogP contribution in [0, 0.1) is 0 Å². The SMILES string of the molecule is CC1(C)CN2C(CSC3=NCC4(CC4)N3)=CSC2=N1. The summed E-state index contributed by atoms with van der Waals surface area (Å²) in [5.41, 5.74) is 1.80. The number of amidine groups is 2. The summed E-state index contributed by atoms with van der Waals surface area (Å²) in [4.78, 5) is 11.7. The number of nitrogens with one attached hydrogen (secondary N) is 1. The molecule has 3 heterocycles. The fraction of sp³-hybridized carbons (Fsp3) is 0.692. The van der Waals surface area contributed by atoms with Gasteiger partial charge in [0.25, 0.3) is 0 Å². The van der Waals surface area contributed by atoms with Crippen LogP contribution in [-0.4, -0.2) is 45.2 Å². The van der Waals surface area contributed by atoms with Crippen molar-refractivity contribution in [2.45, 2.75) is 37.8 Å². The van der Waals surface area contributed by atoms with Gasteiger partial charge in [-0.3, -0.25) is 9.98 Å². The van der Waals surface area contributed by atoms with E-state index < -0.39 is 0 Å². The molecule has 4 rings (SSSR count). The maximum Gasteiger partial charge on any atom is 0.168 e. The van der Waals surface area contributed by atoms with E-state index in [0.29, 0.717) is 5.54 Å². The van der Waals surface area contributed by atoms with E-state index in [1.165, 1.54) is 23.7 Å². The Morgan fingerprint density at radius 1 is 1.47 bits per heavy atom. The quantitative estimate of drug-likeness (QED) is 0.848. The number of hydrogen-bond donors (Lipinski definition) is 1. The van der Waals surface area contributed by atoms with Crippen LogP contribution in [0.4, 0.5) is 0 Å². The maximum atomic E-state index is 4.74. The fourth-order valence-corrected chi connectivity index (χ4v) is 4.74. The topological polar surface area (TPSA) is 40.0 Å². The van der Waals surface area contributed by atoms with Crippen molar-refractivity contribution >= 4 is 33.9 Å². The molecule has 0 amide bonds. The highest BCUT2D eigenvalue weighted by Gasteiger charge is 2.46. The second kappa shape index (κ2) is 3.95. The van der Waals surface area contributed by atoms with E-state index in [2.05, 4.69) is 34.5 Å². The second-order valence-corrected chi connectivity index (χ2v) is 8.14. The molecule has 3 aliphatic heterocycles. The van der Waals surface area contributed by atoms with E-state index in [1.807, 2.05) is 11.8 Å². The van der Waals surface area contributed by atoms with Gasteiger partial charge in [-0.15, -0.1) is 0 Å². The predicted octanol–water partition coefficient (Wildman–Crippen LogP) is 2.25. The van der Waals surface area contributed by atoms with E-state index in [0.717, 1.165) is 24.0 Å². The van der Waals surface area contributed by atoms with Crippen LogP contribution >= 0.6 is 23.5 Å². The van der Waals surface area contributed by atoms with Gasteiger partial charge < -0.3 is 10.2 Å². The minimum Gasteiger partial charge on any atom is -0.358 e. The molecule has 102 valence electrons. The Morgan fingerprint density at radius 3 is 3.05 bits per heavy atom. The van der Waals surface area contributed by atoms with Crippen molar-refractivity contribution in [1.82, 2.24) is 10.2 Å². The van der Waals surface area contributed by atoms with Crippen LogP contribution in [0.3, 0.4) is 0 Å². The van der Waals surface area contributed by atoms with Crippen LogP contribution in [0.15, 0.2) is 21.1 Å². The lowest BCUT2D eigenvalue weighted by atomic mass is 10.1. The van der Waals surface area contributed by atoms with E-state index in [4.69, 9.17) is 4.99 Å². The normalized spacial score (nSPS) is 28.9. The molecule has 0 aromatic carbocycles. The summed E-state index contributed by atoms with van der Waals surface area (Å²) < 4.78 is 0. The zero-order valence-electron chi connectivity index (χ0n) is 11.3. The molecule has 0 atom stereocenters. The Bertz CT molecular complexity index is 517. The van der Waals surface area contributed by atoms with Crippen molar-refractivity contribution in [1.29, 1.82) is 0 Å².